The summed E-state index contributed by atoms with van der Waals surface area (Å²) in [6.07, 6.45) is 9.78. The molecule has 6 nitrogen and oxygen atoms in total. The van der Waals surface area contributed by atoms with Gasteiger partial charge >= 0.3 is 0 Å². The number of amides is 2. The van der Waals surface area contributed by atoms with E-state index in [0.29, 0.717) is 43.7 Å². The first-order chi connectivity index (χ1) is 15.2. The summed E-state index contributed by atoms with van der Waals surface area (Å²) in [5.41, 5.74) is 1.49. The Morgan fingerprint density at radius 3 is 2.58 bits per heavy atom. The van der Waals surface area contributed by atoms with E-state index < -0.39 is 0 Å². The van der Waals surface area contributed by atoms with Crippen LogP contribution < -0.4 is 5.32 Å². The van der Waals surface area contributed by atoms with Gasteiger partial charge in [0, 0.05) is 25.6 Å². The zero-order chi connectivity index (χ0) is 21.5. The van der Waals surface area contributed by atoms with E-state index in [4.69, 9.17) is 4.52 Å². The molecule has 2 saturated carbocycles. The van der Waals surface area contributed by atoms with E-state index in [1.54, 1.807) is 6.07 Å². The third-order valence-corrected chi connectivity index (χ3v) is 6.49. The van der Waals surface area contributed by atoms with Crippen LogP contribution in [-0.4, -0.2) is 35.0 Å². The lowest BCUT2D eigenvalue weighted by molar-refractivity contribution is -0.132. The topological polar surface area (TPSA) is 75.4 Å². The molecule has 6 heteroatoms. The molecule has 2 aromatic rings. The van der Waals surface area contributed by atoms with E-state index in [0.717, 1.165) is 12.8 Å². The lowest BCUT2D eigenvalue weighted by Crippen LogP contribution is -2.32. The van der Waals surface area contributed by atoms with Crippen LogP contribution in [0, 0.1) is 11.8 Å². The summed E-state index contributed by atoms with van der Waals surface area (Å²) in [6.45, 7) is 1.67. The van der Waals surface area contributed by atoms with Gasteiger partial charge in [0.05, 0.1) is 6.54 Å². The highest BCUT2D eigenvalue weighted by Crippen LogP contribution is 2.29. The third kappa shape index (κ3) is 6.68. The van der Waals surface area contributed by atoms with Gasteiger partial charge < -0.3 is 14.7 Å². The molecule has 1 aromatic carbocycles. The Bertz CT molecular complexity index is 854. The summed E-state index contributed by atoms with van der Waals surface area (Å²) in [5, 5.41) is 6.84. The second-order valence-electron chi connectivity index (χ2n) is 9.07. The molecule has 2 amide bonds. The number of carbonyl (C=O) groups is 2. The molecule has 0 unspecified atom stereocenters. The Kier molecular flexibility index (Phi) is 7.39. The van der Waals surface area contributed by atoms with Gasteiger partial charge in [-0.15, -0.1) is 0 Å². The Labute approximate surface area is 184 Å². The van der Waals surface area contributed by atoms with Crippen molar-refractivity contribution < 1.29 is 14.1 Å². The van der Waals surface area contributed by atoms with Crippen molar-refractivity contribution >= 4 is 11.8 Å². The smallest absolute Gasteiger partial charge is 0.273 e. The molecule has 1 N–H and O–H groups in total. The fourth-order valence-corrected chi connectivity index (χ4v) is 4.32. The number of hydrogen-bond acceptors (Lipinski definition) is 4. The fourth-order valence-electron chi connectivity index (χ4n) is 4.32. The minimum absolute atomic E-state index is 0.152. The molecule has 1 aromatic heterocycles. The van der Waals surface area contributed by atoms with Crippen LogP contribution >= 0.6 is 0 Å². The molecule has 0 atom stereocenters. The zero-order valence-corrected chi connectivity index (χ0v) is 18.2. The predicted molar refractivity (Wildman–Crippen MR) is 118 cm³/mol. The van der Waals surface area contributed by atoms with Crippen molar-refractivity contribution in [1.82, 2.24) is 15.4 Å². The molecule has 31 heavy (non-hydrogen) atoms. The quantitative estimate of drug-likeness (QED) is 0.583. The second kappa shape index (κ2) is 10.6. The van der Waals surface area contributed by atoms with E-state index in [9.17, 15) is 9.59 Å². The van der Waals surface area contributed by atoms with Crippen LogP contribution in [0.1, 0.15) is 73.2 Å². The van der Waals surface area contributed by atoms with Crippen molar-refractivity contribution in [2.75, 3.05) is 13.1 Å². The zero-order valence-electron chi connectivity index (χ0n) is 18.2. The van der Waals surface area contributed by atoms with E-state index in [2.05, 4.69) is 22.6 Å². The summed E-state index contributed by atoms with van der Waals surface area (Å²) in [7, 11) is 0. The van der Waals surface area contributed by atoms with Crippen LogP contribution in [0.15, 0.2) is 40.9 Å². The van der Waals surface area contributed by atoms with Gasteiger partial charge in [-0.1, -0.05) is 61.2 Å². The fraction of sp³-hybridized carbons (Fsp3) is 0.560. The van der Waals surface area contributed by atoms with E-state index in [1.165, 1.54) is 44.1 Å². The van der Waals surface area contributed by atoms with Crippen molar-refractivity contribution in [2.24, 2.45) is 11.8 Å². The minimum atomic E-state index is -0.203. The van der Waals surface area contributed by atoms with Gasteiger partial charge in [-0.25, -0.2) is 0 Å². The lowest BCUT2D eigenvalue weighted by Gasteiger charge is -2.22. The number of carbonyl (C=O) groups excluding carboxylic acids is 2. The number of benzene rings is 1. The standard InChI is InChI=1S/C25H33N3O3/c29-24(13-12-19-8-4-5-9-19)28(15-14-20-6-2-1-3-7-20)18-22-16-23(27-31-22)25(30)26-17-21-10-11-21/h1-3,6-7,16,19,21H,4-5,8-15,17-18H2,(H,26,30). The van der Waals surface area contributed by atoms with Crippen LogP contribution in [0.5, 0.6) is 0 Å². The highest BCUT2D eigenvalue weighted by atomic mass is 16.5. The molecule has 4 rings (SSSR count). The monoisotopic (exact) mass is 423 g/mol. The maximum atomic E-state index is 13.0. The molecule has 0 spiro atoms. The van der Waals surface area contributed by atoms with Gasteiger partial charge in [0.25, 0.3) is 5.91 Å². The maximum Gasteiger partial charge on any atom is 0.273 e. The SMILES string of the molecule is O=C(NCC1CC1)c1cc(CN(CCc2ccccc2)C(=O)CCC2CCCC2)on1. The molecule has 2 fully saturated rings. The molecule has 0 radical (unpaired) electrons. The summed E-state index contributed by atoms with van der Waals surface area (Å²) in [4.78, 5) is 27.1. The van der Waals surface area contributed by atoms with Gasteiger partial charge in [-0.05, 0) is 43.1 Å². The highest BCUT2D eigenvalue weighted by molar-refractivity contribution is 5.92. The van der Waals surface area contributed by atoms with E-state index in [1.807, 2.05) is 23.1 Å². The van der Waals surface area contributed by atoms with Gasteiger partial charge in [0.15, 0.2) is 11.5 Å². The van der Waals surface area contributed by atoms with Gasteiger partial charge in [0.1, 0.15) is 0 Å². The van der Waals surface area contributed by atoms with Crippen LogP contribution in [0.3, 0.4) is 0 Å². The van der Waals surface area contributed by atoms with E-state index >= 15 is 0 Å². The third-order valence-electron chi connectivity index (χ3n) is 6.49. The molecular weight excluding hydrogens is 390 g/mol. The van der Waals surface area contributed by atoms with Crippen molar-refractivity contribution in [3.63, 3.8) is 0 Å². The van der Waals surface area contributed by atoms with Crippen molar-refractivity contribution in [1.29, 1.82) is 0 Å². The number of aromatic nitrogens is 1. The van der Waals surface area contributed by atoms with Gasteiger partial charge in [-0.2, -0.15) is 0 Å². The number of nitrogens with one attached hydrogen (secondary N) is 1. The highest BCUT2D eigenvalue weighted by Gasteiger charge is 2.24. The minimum Gasteiger partial charge on any atom is -0.359 e. The molecule has 0 bridgehead atoms. The van der Waals surface area contributed by atoms with E-state index in [-0.39, 0.29) is 17.5 Å². The average molecular weight is 424 g/mol. The summed E-state index contributed by atoms with van der Waals surface area (Å²) in [5.74, 6) is 1.80. The van der Waals surface area contributed by atoms with Crippen molar-refractivity contribution in [3.05, 3.63) is 53.4 Å². The molecular formula is C25H33N3O3. The summed E-state index contributed by atoms with van der Waals surface area (Å²) < 4.78 is 5.41. The Balaban J connectivity index is 1.35. The maximum absolute atomic E-state index is 13.0. The van der Waals surface area contributed by atoms with Crippen LogP contribution in [0.4, 0.5) is 0 Å². The molecule has 166 valence electrons. The molecule has 2 aliphatic rings. The Morgan fingerprint density at radius 2 is 1.84 bits per heavy atom. The molecule has 2 aliphatic carbocycles. The predicted octanol–water partition coefficient (Wildman–Crippen LogP) is 4.36. The Morgan fingerprint density at radius 1 is 1.06 bits per heavy atom. The number of nitrogens with zero attached hydrogens (tertiary/aromatic N) is 2. The van der Waals surface area contributed by atoms with Gasteiger partial charge in [0.2, 0.25) is 5.91 Å². The first kappa shape index (κ1) is 21.6. The number of hydrogen-bond donors (Lipinski definition) is 1. The first-order valence-corrected chi connectivity index (χ1v) is 11.7. The molecule has 1 heterocycles. The van der Waals surface area contributed by atoms with Crippen LogP contribution in [0.2, 0.25) is 0 Å². The lowest BCUT2D eigenvalue weighted by atomic mass is 10.0. The van der Waals surface area contributed by atoms with Crippen LogP contribution in [0.25, 0.3) is 0 Å². The largest absolute Gasteiger partial charge is 0.359 e. The summed E-state index contributed by atoms with van der Waals surface area (Å²) in [6, 6.07) is 11.9. The molecule has 0 saturated heterocycles. The van der Waals surface area contributed by atoms with Crippen LogP contribution in [-0.2, 0) is 17.8 Å². The second-order valence-corrected chi connectivity index (χ2v) is 9.07. The summed E-state index contributed by atoms with van der Waals surface area (Å²) >= 11 is 0. The molecule has 0 aliphatic heterocycles. The van der Waals surface area contributed by atoms with Crippen molar-refractivity contribution in [3.8, 4) is 0 Å². The van der Waals surface area contributed by atoms with Crippen molar-refractivity contribution in [2.45, 2.75) is 64.3 Å². The van der Waals surface area contributed by atoms with Gasteiger partial charge in [-0.3, -0.25) is 9.59 Å². The Hall–Kier alpha value is -2.63. The first-order valence-electron chi connectivity index (χ1n) is 11.7. The normalized spacial score (nSPS) is 16.4. The number of rotatable bonds is 11. The average Bonchev–Trinajstić information content (AvgIpc) is 3.25.